The molecular formula is C27H33N3O6. The van der Waals surface area contributed by atoms with Gasteiger partial charge in [0.15, 0.2) is 11.5 Å². The van der Waals surface area contributed by atoms with Crippen LogP contribution < -0.4 is 19.8 Å². The zero-order valence-corrected chi connectivity index (χ0v) is 21.4. The van der Waals surface area contributed by atoms with Crippen LogP contribution in [-0.4, -0.2) is 68.0 Å². The molecule has 1 aliphatic rings. The summed E-state index contributed by atoms with van der Waals surface area (Å²) in [4.78, 5) is 34.5. The Hall–Kier alpha value is -3.59. The highest BCUT2D eigenvalue weighted by Crippen LogP contribution is 2.41. The Morgan fingerprint density at radius 3 is 2.25 bits per heavy atom. The number of morpholine rings is 1. The number of para-hydroxylation sites is 1. The number of aromatic nitrogens is 2. The Labute approximate surface area is 210 Å². The molecule has 1 fully saturated rings. The molecule has 0 radical (unpaired) electrons. The maximum Gasteiger partial charge on any atom is 0.262 e. The van der Waals surface area contributed by atoms with Crippen molar-refractivity contribution in [1.82, 2.24) is 14.5 Å². The van der Waals surface area contributed by atoms with E-state index in [2.05, 4.69) is 0 Å². The van der Waals surface area contributed by atoms with E-state index >= 15 is 0 Å². The van der Waals surface area contributed by atoms with Crippen molar-refractivity contribution in [1.29, 1.82) is 0 Å². The van der Waals surface area contributed by atoms with Gasteiger partial charge in [-0.15, -0.1) is 0 Å². The Balaban J connectivity index is 2.00. The van der Waals surface area contributed by atoms with Crippen LogP contribution in [0.2, 0.25) is 0 Å². The van der Waals surface area contributed by atoms with Gasteiger partial charge in [0.1, 0.15) is 11.9 Å². The molecule has 3 aromatic rings. The summed E-state index contributed by atoms with van der Waals surface area (Å²) in [5, 5.41) is 0.456. The first-order valence-corrected chi connectivity index (χ1v) is 12.1. The highest BCUT2D eigenvalue weighted by atomic mass is 16.5. The molecule has 0 spiro atoms. The number of nitrogens with zero attached hydrogens (tertiary/aromatic N) is 3. The standard InChI is InChI=1S/C27H33N3O6/c1-17(2)14-21(27(32)29-10-12-36-13-11-29)30-25(28-20-9-7-6-8-19(20)26(30)31)18-15-22(33-3)24(35-5)23(16-18)34-4/h6-9,15-17,21H,10-14H2,1-5H3. The van der Waals surface area contributed by atoms with Gasteiger partial charge in [-0.05, 0) is 36.6 Å². The van der Waals surface area contributed by atoms with Crippen LogP contribution in [0.5, 0.6) is 17.2 Å². The molecule has 9 nitrogen and oxygen atoms in total. The van der Waals surface area contributed by atoms with Crippen LogP contribution in [0.25, 0.3) is 22.3 Å². The van der Waals surface area contributed by atoms with E-state index in [1.807, 2.05) is 19.9 Å². The van der Waals surface area contributed by atoms with E-state index in [9.17, 15) is 9.59 Å². The predicted octanol–water partition coefficient (Wildman–Crippen LogP) is 3.54. The van der Waals surface area contributed by atoms with Gasteiger partial charge in [0.2, 0.25) is 11.7 Å². The van der Waals surface area contributed by atoms with E-state index < -0.39 is 6.04 Å². The summed E-state index contributed by atoms with van der Waals surface area (Å²) < 4.78 is 23.6. The molecule has 1 amide bonds. The number of rotatable bonds is 8. The second-order valence-corrected chi connectivity index (χ2v) is 9.12. The topological polar surface area (TPSA) is 92.1 Å². The van der Waals surface area contributed by atoms with Crippen LogP contribution in [-0.2, 0) is 9.53 Å². The lowest BCUT2D eigenvalue weighted by Gasteiger charge is -2.32. The molecule has 9 heteroatoms. The number of carbonyl (C=O) groups excluding carboxylic acids is 1. The van der Waals surface area contributed by atoms with Crippen LogP contribution in [0, 0.1) is 5.92 Å². The molecular weight excluding hydrogens is 462 g/mol. The van der Waals surface area contributed by atoms with Crippen molar-refractivity contribution in [2.45, 2.75) is 26.3 Å². The molecule has 1 atom stereocenters. The van der Waals surface area contributed by atoms with Crippen molar-refractivity contribution in [3.8, 4) is 28.6 Å². The number of ether oxygens (including phenoxy) is 4. The smallest absolute Gasteiger partial charge is 0.262 e. The van der Waals surface area contributed by atoms with Crippen LogP contribution in [0.1, 0.15) is 26.3 Å². The van der Waals surface area contributed by atoms with Crippen LogP contribution in [0.15, 0.2) is 41.2 Å². The Bertz CT molecular complexity index is 1270. The molecule has 2 heterocycles. The number of carbonyl (C=O) groups is 1. The molecule has 0 bridgehead atoms. The number of benzene rings is 2. The molecule has 4 rings (SSSR count). The van der Waals surface area contributed by atoms with Crippen LogP contribution >= 0.6 is 0 Å². The number of hydrogen-bond donors (Lipinski definition) is 0. The summed E-state index contributed by atoms with van der Waals surface area (Å²) in [6.45, 7) is 6.01. The Kier molecular flexibility index (Phi) is 7.79. The molecule has 1 aliphatic heterocycles. The van der Waals surface area contributed by atoms with Crippen LogP contribution in [0.4, 0.5) is 0 Å². The number of methoxy groups -OCH3 is 3. The first-order valence-electron chi connectivity index (χ1n) is 12.1. The Morgan fingerprint density at radius 1 is 1.03 bits per heavy atom. The van der Waals surface area contributed by atoms with Crippen molar-refractivity contribution >= 4 is 16.8 Å². The first kappa shape index (κ1) is 25.5. The summed E-state index contributed by atoms with van der Waals surface area (Å²) in [6, 6.07) is 9.94. The predicted molar refractivity (Wildman–Crippen MR) is 137 cm³/mol. The zero-order valence-electron chi connectivity index (χ0n) is 21.4. The van der Waals surface area contributed by atoms with Crippen molar-refractivity contribution < 1.29 is 23.7 Å². The van der Waals surface area contributed by atoms with Crippen molar-refractivity contribution in [2.75, 3.05) is 47.6 Å². The molecule has 1 saturated heterocycles. The Morgan fingerprint density at radius 2 is 1.67 bits per heavy atom. The fraction of sp³-hybridized carbons (Fsp3) is 0.444. The summed E-state index contributed by atoms with van der Waals surface area (Å²) in [5.74, 6) is 1.71. The van der Waals surface area contributed by atoms with Crippen molar-refractivity contribution in [2.24, 2.45) is 5.92 Å². The lowest BCUT2D eigenvalue weighted by Crippen LogP contribution is -2.46. The number of hydrogen-bond acceptors (Lipinski definition) is 7. The summed E-state index contributed by atoms with van der Waals surface area (Å²) in [6.07, 6.45) is 0.480. The molecule has 0 saturated carbocycles. The lowest BCUT2D eigenvalue weighted by molar-refractivity contribution is -0.139. The monoisotopic (exact) mass is 495 g/mol. The fourth-order valence-electron chi connectivity index (χ4n) is 4.61. The minimum Gasteiger partial charge on any atom is -0.493 e. The SMILES string of the molecule is COc1cc(-c2nc3ccccc3c(=O)n2C(CC(C)C)C(=O)N2CCOCC2)cc(OC)c1OC. The molecule has 192 valence electrons. The number of amides is 1. The second-order valence-electron chi connectivity index (χ2n) is 9.12. The fourth-order valence-corrected chi connectivity index (χ4v) is 4.61. The van der Waals surface area contributed by atoms with E-state index in [0.29, 0.717) is 72.3 Å². The van der Waals surface area contributed by atoms with Gasteiger partial charge in [-0.3, -0.25) is 14.2 Å². The third kappa shape index (κ3) is 4.88. The molecule has 36 heavy (non-hydrogen) atoms. The number of fused-ring (bicyclic) bond motifs is 1. The average molecular weight is 496 g/mol. The summed E-state index contributed by atoms with van der Waals surface area (Å²) in [7, 11) is 4.60. The highest BCUT2D eigenvalue weighted by molar-refractivity contribution is 5.84. The van der Waals surface area contributed by atoms with E-state index in [-0.39, 0.29) is 17.4 Å². The maximum absolute atomic E-state index is 14.0. The molecule has 1 aromatic heterocycles. The maximum atomic E-state index is 14.0. The largest absolute Gasteiger partial charge is 0.493 e. The highest BCUT2D eigenvalue weighted by Gasteiger charge is 2.32. The summed E-state index contributed by atoms with van der Waals surface area (Å²) >= 11 is 0. The van der Waals surface area contributed by atoms with Crippen molar-refractivity contribution in [3.63, 3.8) is 0 Å². The zero-order chi connectivity index (χ0) is 25.8. The van der Waals surface area contributed by atoms with Gasteiger partial charge >= 0.3 is 0 Å². The van der Waals surface area contributed by atoms with Gasteiger partial charge in [0.05, 0.1) is 45.4 Å². The van der Waals surface area contributed by atoms with Gasteiger partial charge in [-0.25, -0.2) is 4.98 Å². The van der Waals surface area contributed by atoms with Gasteiger partial charge in [0.25, 0.3) is 5.56 Å². The lowest BCUT2D eigenvalue weighted by atomic mass is 10.0. The quantitative estimate of drug-likeness (QED) is 0.472. The molecule has 2 aromatic carbocycles. The van der Waals surface area contributed by atoms with Gasteiger partial charge in [-0.2, -0.15) is 0 Å². The summed E-state index contributed by atoms with van der Waals surface area (Å²) in [5.41, 5.74) is 0.858. The normalized spacial score (nSPS) is 14.7. The van der Waals surface area contributed by atoms with E-state index in [1.165, 1.54) is 21.3 Å². The van der Waals surface area contributed by atoms with E-state index in [0.717, 1.165) is 0 Å². The van der Waals surface area contributed by atoms with Gasteiger partial charge in [0, 0.05) is 18.7 Å². The van der Waals surface area contributed by atoms with E-state index in [1.54, 1.807) is 39.8 Å². The first-order chi connectivity index (χ1) is 17.4. The third-order valence-electron chi connectivity index (χ3n) is 6.34. The van der Waals surface area contributed by atoms with Crippen molar-refractivity contribution in [3.05, 3.63) is 46.8 Å². The minimum atomic E-state index is -0.734. The molecule has 1 unspecified atom stereocenters. The average Bonchev–Trinajstić information content (AvgIpc) is 2.91. The van der Waals surface area contributed by atoms with E-state index in [4.69, 9.17) is 23.9 Å². The van der Waals surface area contributed by atoms with Crippen LogP contribution in [0.3, 0.4) is 0 Å². The third-order valence-corrected chi connectivity index (χ3v) is 6.34. The minimum absolute atomic E-state index is 0.111. The van der Waals surface area contributed by atoms with Gasteiger partial charge in [-0.1, -0.05) is 26.0 Å². The molecule has 0 aliphatic carbocycles. The molecule has 0 N–H and O–H groups in total. The van der Waals surface area contributed by atoms with Gasteiger partial charge < -0.3 is 23.8 Å². The second kappa shape index (κ2) is 11.0.